The van der Waals surface area contributed by atoms with Crippen molar-refractivity contribution in [3.63, 3.8) is 0 Å². The number of carbonyl (C=O) groups excluding carboxylic acids is 2. The van der Waals surface area contributed by atoms with Crippen LogP contribution in [0.5, 0.6) is 5.75 Å². The Bertz CT molecular complexity index is 478. The monoisotopic (exact) mass is 295 g/mol. The highest BCUT2D eigenvalue weighted by molar-refractivity contribution is 8.00. The summed E-state index contributed by atoms with van der Waals surface area (Å²) in [7, 11) is 0. The molecule has 1 heterocycles. The molecular formula is C13H17N3O3S. The summed E-state index contributed by atoms with van der Waals surface area (Å²) in [6, 6.07) is 7.04. The second kappa shape index (κ2) is 7.16. The van der Waals surface area contributed by atoms with Crippen LogP contribution in [0.3, 0.4) is 0 Å². The molecule has 7 heteroatoms. The molecule has 1 aromatic carbocycles. The van der Waals surface area contributed by atoms with E-state index in [9.17, 15) is 9.59 Å². The molecule has 0 spiro atoms. The average molecular weight is 295 g/mol. The zero-order valence-electron chi connectivity index (χ0n) is 11.0. The van der Waals surface area contributed by atoms with Gasteiger partial charge in [-0.15, -0.1) is 11.8 Å². The minimum absolute atomic E-state index is 0.00989. The van der Waals surface area contributed by atoms with Crippen molar-refractivity contribution in [2.24, 2.45) is 5.73 Å². The fourth-order valence-electron chi connectivity index (χ4n) is 1.73. The largest absolute Gasteiger partial charge is 0.492 e. The van der Waals surface area contributed by atoms with Crippen LogP contribution in [0.25, 0.3) is 0 Å². The summed E-state index contributed by atoms with van der Waals surface area (Å²) in [6.07, 6.45) is 0. The van der Waals surface area contributed by atoms with Gasteiger partial charge in [0.1, 0.15) is 18.9 Å². The fourth-order valence-corrected chi connectivity index (χ4v) is 2.63. The molecule has 0 saturated carbocycles. The van der Waals surface area contributed by atoms with Gasteiger partial charge in [-0.2, -0.15) is 0 Å². The minimum Gasteiger partial charge on any atom is -0.492 e. The summed E-state index contributed by atoms with van der Waals surface area (Å²) in [6.45, 7) is 1.01. The molecule has 1 saturated heterocycles. The Morgan fingerprint density at radius 2 is 2.15 bits per heavy atom. The SMILES string of the molecule is NCCOc1ccc(NC(=O)CN2CSCC2=O)cc1. The Hall–Kier alpha value is -1.73. The van der Waals surface area contributed by atoms with Crippen LogP contribution in [0.15, 0.2) is 24.3 Å². The number of thioether (sulfide) groups is 1. The maximum Gasteiger partial charge on any atom is 0.244 e. The van der Waals surface area contributed by atoms with Gasteiger partial charge in [-0.1, -0.05) is 0 Å². The van der Waals surface area contributed by atoms with Gasteiger partial charge in [0.15, 0.2) is 0 Å². The summed E-state index contributed by atoms with van der Waals surface area (Å²) >= 11 is 1.52. The summed E-state index contributed by atoms with van der Waals surface area (Å²) in [5, 5.41) is 2.75. The predicted molar refractivity (Wildman–Crippen MR) is 78.7 cm³/mol. The highest BCUT2D eigenvalue weighted by atomic mass is 32.2. The second-order valence-corrected chi connectivity index (χ2v) is 5.23. The summed E-state index contributed by atoms with van der Waals surface area (Å²) < 4.78 is 5.34. The van der Waals surface area contributed by atoms with Crippen molar-refractivity contribution in [3.05, 3.63) is 24.3 Å². The number of hydrogen-bond donors (Lipinski definition) is 2. The first kappa shape index (κ1) is 14.7. The molecule has 1 aromatic rings. The minimum atomic E-state index is -0.198. The number of amides is 2. The van der Waals surface area contributed by atoms with E-state index in [1.165, 1.54) is 11.8 Å². The first-order valence-electron chi connectivity index (χ1n) is 6.27. The highest BCUT2D eigenvalue weighted by Gasteiger charge is 2.22. The molecule has 108 valence electrons. The normalized spacial score (nSPS) is 14.4. The van der Waals surface area contributed by atoms with Gasteiger partial charge < -0.3 is 20.7 Å². The standard InChI is InChI=1S/C13H17N3O3S/c14-5-6-19-11-3-1-10(2-4-11)15-12(17)7-16-9-20-8-13(16)18/h1-4H,5-9,14H2,(H,15,17). The van der Waals surface area contributed by atoms with Gasteiger partial charge in [-0.3, -0.25) is 9.59 Å². The quantitative estimate of drug-likeness (QED) is 0.798. The molecule has 0 unspecified atom stereocenters. The number of rotatable bonds is 6. The average Bonchev–Trinajstić information content (AvgIpc) is 2.83. The first-order valence-corrected chi connectivity index (χ1v) is 7.43. The van der Waals surface area contributed by atoms with Crippen molar-refractivity contribution in [3.8, 4) is 5.75 Å². The zero-order valence-corrected chi connectivity index (χ0v) is 11.8. The Labute approximate surface area is 121 Å². The van der Waals surface area contributed by atoms with E-state index < -0.39 is 0 Å². The van der Waals surface area contributed by atoms with Gasteiger partial charge in [0.2, 0.25) is 11.8 Å². The Morgan fingerprint density at radius 3 is 2.75 bits per heavy atom. The van der Waals surface area contributed by atoms with Gasteiger partial charge in [-0.25, -0.2) is 0 Å². The third kappa shape index (κ3) is 4.14. The molecular weight excluding hydrogens is 278 g/mol. The van der Waals surface area contributed by atoms with E-state index in [1.54, 1.807) is 29.2 Å². The van der Waals surface area contributed by atoms with Crippen LogP contribution in [0.2, 0.25) is 0 Å². The Kier molecular flexibility index (Phi) is 5.25. The van der Waals surface area contributed by atoms with Crippen LogP contribution in [-0.2, 0) is 9.59 Å². The van der Waals surface area contributed by atoms with Gasteiger partial charge in [0, 0.05) is 12.2 Å². The molecule has 1 fully saturated rings. The molecule has 0 bridgehead atoms. The molecule has 2 rings (SSSR count). The summed E-state index contributed by atoms with van der Waals surface area (Å²) in [5.41, 5.74) is 6.02. The molecule has 0 atom stereocenters. The topological polar surface area (TPSA) is 84.7 Å². The third-order valence-electron chi connectivity index (χ3n) is 2.68. The van der Waals surface area contributed by atoms with Gasteiger partial charge >= 0.3 is 0 Å². The Balaban J connectivity index is 1.83. The number of hydrogen-bond acceptors (Lipinski definition) is 5. The molecule has 0 aliphatic carbocycles. The lowest BCUT2D eigenvalue weighted by atomic mass is 10.3. The zero-order chi connectivity index (χ0) is 14.4. The van der Waals surface area contributed by atoms with Gasteiger partial charge in [0.25, 0.3) is 0 Å². The fraction of sp³-hybridized carbons (Fsp3) is 0.385. The molecule has 0 radical (unpaired) electrons. The first-order chi connectivity index (χ1) is 9.69. The second-order valence-electron chi connectivity index (χ2n) is 4.28. The van der Waals surface area contributed by atoms with E-state index in [0.29, 0.717) is 36.2 Å². The van der Waals surface area contributed by atoms with E-state index in [2.05, 4.69) is 5.32 Å². The van der Waals surface area contributed by atoms with Crippen LogP contribution in [0.1, 0.15) is 0 Å². The molecule has 0 aromatic heterocycles. The molecule has 2 amide bonds. The van der Waals surface area contributed by atoms with Crippen LogP contribution in [0, 0.1) is 0 Å². The van der Waals surface area contributed by atoms with Crippen molar-refractivity contribution in [1.82, 2.24) is 4.90 Å². The van der Waals surface area contributed by atoms with Crippen molar-refractivity contribution >= 4 is 29.3 Å². The van der Waals surface area contributed by atoms with E-state index in [4.69, 9.17) is 10.5 Å². The van der Waals surface area contributed by atoms with Crippen LogP contribution in [-0.4, -0.2) is 48.0 Å². The van der Waals surface area contributed by atoms with Crippen molar-refractivity contribution in [2.45, 2.75) is 0 Å². The number of carbonyl (C=O) groups is 2. The van der Waals surface area contributed by atoms with Crippen LogP contribution < -0.4 is 15.8 Å². The molecule has 3 N–H and O–H groups in total. The number of ether oxygens (including phenoxy) is 1. The molecule has 20 heavy (non-hydrogen) atoms. The van der Waals surface area contributed by atoms with E-state index >= 15 is 0 Å². The van der Waals surface area contributed by atoms with Gasteiger partial charge in [0.05, 0.1) is 11.6 Å². The third-order valence-corrected chi connectivity index (χ3v) is 3.63. The lowest BCUT2D eigenvalue weighted by Gasteiger charge is -2.14. The van der Waals surface area contributed by atoms with E-state index in [1.807, 2.05) is 0 Å². The smallest absolute Gasteiger partial charge is 0.244 e. The number of nitrogens with two attached hydrogens (primary N) is 1. The number of nitrogens with one attached hydrogen (secondary N) is 1. The lowest BCUT2D eigenvalue weighted by molar-refractivity contribution is -0.130. The van der Waals surface area contributed by atoms with Crippen LogP contribution >= 0.6 is 11.8 Å². The lowest BCUT2D eigenvalue weighted by Crippen LogP contribution is -2.34. The maximum atomic E-state index is 11.8. The number of benzene rings is 1. The number of anilines is 1. The number of nitrogens with zero attached hydrogens (tertiary/aromatic N) is 1. The van der Waals surface area contributed by atoms with Crippen molar-refractivity contribution in [1.29, 1.82) is 0 Å². The van der Waals surface area contributed by atoms with Crippen LogP contribution in [0.4, 0.5) is 5.69 Å². The van der Waals surface area contributed by atoms with Crippen molar-refractivity contribution < 1.29 is 14.3 Å². The predicted octanol–water partition coefficient (Wildman–Crippen LogP) is 0.495. The van der Waals surface area contributed by atoms with E-state index in [0.717, 1.165) is 0 Å². The van der Waals surface area contributed by atoms with E-state index in [-0.39, 0.29) is 18.4 Å². The summed E-state index contributed by atoms with van der Waals surface area (Å²) in [4.78, 5) is 24.8. The summed E-state index contributed by atoms with van der Waals surface area (Å²) in [5.74, 6) is 1.56. The molecule has 6 nitrogen and oxygen atoms in total. The molecule has 1 aliphatic heterocycles. The maximum absolute atomic E-state index is 11.8. The Morgan fingerprint density at radius 1 is 1.40 bits per heavy atom. The molecule has 1 aliphatic rings. The highest BCUT2D eigenvalue weighted by Crippen LogP contribution is 2.17. The van der Waals surface area contributed by atoms with Crippen molar-refractivity contribution in [2.75, 3.05) is 36.6 Å². The van der Waals surface area contributed by atoms with Gasteiger partial charge in [-0.05, 0) is 24.3 Å².